The topological polar surface area (TPSA) is 51.2 Å². The van der Waals surface area contributed by atoms with Gasteiger partial charge < -0.3 is 0 Å². The Morgan fingerprint density at radius 3 is 0.681 bits per heavy atom. The molecule has 19 rings (SSSR count). The van der Waals surface area contributed by atoms with E-state index >= 15 is 0 Å². The lowest BCUT2D eigenvalue weighted by atomic mass is 9.74. The number of hydrogen-bond acceptors (Lipinski definition) is 3. The van der Waals surface area contributed by atoms with Crippen molar-refractivity contribution in [2.24, 2.45) is 5.92 Å². The van der Waals surface area contributed by atoms with Crippen molar-refractivity contribution in [3.05, 3.63) is 24.3 Å². The Labute approximate surface area is 851 Å². The van der Waals surface area contributed by atoms with E-state index in [1.54, 1.807) is 89.9 Å². The van der Waals surface area contributed by atoms with Crippen LogP contribution in [0, 0.1) is 5.92 Å². The molecule has 19 aliphatic rings. The second-order valence-electron chi connectivity index (χ2n) is 61.8. The van der Waals surface area contributed by atoms with Crippen LogP contribution in [0.4, 0.5) is 0 Å². The molecule has 18 fully saturated rings. The molecule has 8 heterocycles. The van der Waals surface area contributed by atoms with Crippen LogP contribution in [0.1, 0.15) is 608 Å². The SMILES string of the molecule is C=C1CC(C)(C)P(C(C)(C)C)C(C)(C)C1.CC(C)(C)P1C(C)(C)C=CCC1(C)C.CC(C)(C)P1C(C)(C)CCC2CCCCC21C.CC(C)(C)P1C2(CC2)CC(=O)CC12CC2.CC(C)(C)P1C2(CCC2)CC(=O)CC12CCC2.CC(C)(C)P1C2(CCCC2)CC(=O)CC12CCCC2.CC(C)(C)P1C2(CCCC2)CCCC12CCCC2.CC(C)(C)P1C2(CCCCC2)CCCC12CCCCC2. The van der Waals surface area contributed by atoms with Gasteiger partial charge in [-0.3, -0.25) is 14.4 Å². The predicted octanol–water partition coefficient (Wildman–Crippen LogP) is 42.1. The van der Waals surface area contributed by atoms with E-state index in [0.717, 1.165) is 65.1 Å². The fraction of sp³-hybridized carbons (Fsp3) is 0.944. The Morgan fingerprint density at radius 2 is 0.444 bits per heavy atom. The van der Waals surface area contributed by atoms with Gasteiger partial charge in [0.25, 0.3) is 0 Å². The van der Waals surface area contributed by atoms with Crippen LogP contribution in [0.5, 0.6) is 0 Å². The van der Waals surface area contributed by atoms with Crippen LogP contribution in [0.15, 0.2) is 24.3 Å². The van der Waals surface area contributed by atoms with E-state index in [2.05, 4.69) is 261 Å². The smallest absolute Gasteiger partial charge is 0.134 e. The molecule has 0 amide bonds. The number of hydrogen-bond donors (Lipinski definition) is 0. The maximum atomic E-state index is 12.5. The van der Waals surface area contributed by atoms with E-state index in [1.807, 2.05) is 0 Å². The van der Waals surface area contributed by atoms with Crippen LogP contribution in [0.3, 0.4) is 0 Å². The number of rotatable bonds is 0. The van der Waals surface area contributed by atoms with Crippen molar-refractivity contribution in [2.45, 2.75) is 732 Å². The summed E-state index contributed by atoms with van der Waals surface area (Å²) in [6.45, 7) is 90.9. The highest BCUT2D eigenvalue weighted by molar-refractivity contribution is 7.65. The van der Waals surface area contributed by atoms with Crippen molar-refractivity contribution < 1.29 is 14.4 Å². The average Bonchev–Trinajstić information content (AvgIpc) is 1.61. The minimum absolute atomic E-state index is 0.0132. The van der Waals surface area contributed by atoms with Gasteiger partial charge >= 0.3 is 0 Å². The largest absolute Gasteiger partial charge is 0.300 e. The predicted molar refractivity (Wildman–Crippen MR) is 619 cm³/mol. The maximum Gasteiger partial charge on any atom is 0.134 e. The zero-order valence-corrected chi connectivity index (χ0v) is 104. The van der Waals surface area contributed by atoms with E-state index in [1.165, 1.54) is 243 Å². The third kappa shape index (κ3) is 25.1. The number of carbonyl (C=O) groups is 3. The van der Waals surface area contributed by atoms with E-state index in [4.69, 9.17) is 0 Å². The molecule has 11 saturated carbocycles. The van der Waals surface area contributed by atoms with Gasteiger partial charge in [0.15, 0.2) is 0 Å². The molecular weight excluding hydrogens is 1790 g/mol. The molecule has 0 aromatic carbocycles. The van der Waals surface area contributed by atoms with Crippen molar-refractivity contribution in [2.75, 3.05) is 0 Å². The molecule has 135 heavy (non-hydrogen) atoms. The average molecular weight is 2010 g/mol. The van der Waals surface area contributed by atoms with Crippen LogP contribution >= 0.6 is 63.4 Å². The Hall–Kier alpha value is 1.93. The van der Waals surface area contributed by atoms with Gasteiger partial charge in [0.1, 0.15) is 17.3 Å². The number of Topliss-reactive ketones (excluding diaryl/α,β-unsaturated/α-hetero) is 3. The second-order valence-corrected chi connectivity index (χ2v) is 94.4. The maximum absolute atomic E-state index is 12.5. The van der Waals surface area contributed by atoms with Crippen LogP contribution in [0.2, 0.25) is 0 Å². The first-order valence-corrected chi connectivity index (χ1v) is 68.9. The van der Waals surface area contributed by atoms with Gasteiger partial charge in [-0.05, 0) is 324 Å². The van der Waals surface area contributed by atoms with Crippen LogP contribution in [0.25, 0.3) is 0 Å². The standard InChI is InChI=1S/C19H35P.C17H29OP.C17H31P.C16H31P.C15H25OP.C14H27P.C13H21OP.C13H25P/c1-17(2,3)20-18(11-6-4-7-12-18)15-10-16-19(20)13-8-5-9-14-19;1-15(2,3)19-16(8-4-5-9-16)12-14(18)13-17(19)10-6-7-11-17;1-15(2,3)18-16(9-4-5-10-16)13-8-14-17(18)11-6-7-12-17;1-14(2,3)17-15(4,5)12-10-13-9-7-8-11-16(13,17)6;1-13(2,3)17-14(6-4-7-14)10-12(16)11-15(17)8-5-9-15;1-11-9-13(5,6)15(12(2,3)4)14(7,8)10-11;1-11(2,3)15-12(4-5-12)8-10(14)9-13(15)6-7-13;1-11(2,3)14-12(4,5)9-8-10-13(14,6)7/h4-16H2,1-3H3;4-13H2,1-3H3;4-14H2,1-3H3;13H,7-12H2,1-6H3;4-11H2,1-3H3;1,9-10H2,2-8H3;4-9H2,1-3H3;8-9H,10H2,1-7H3. The third-order valence-corrected chi connectivity index (χ3v) is 74.3. The fourth-order valence-electron chi connectivity index (χ4n) is 39.3. The minimum Gasteiger partial charge on any atom is -0.300 e. The van der Waals surface area contributed by atoms with Gasteiger partial charge in [-0.25, -0.2) is 0 Å². The summed E-state index contributed by atoms with van der Waals surface area (Å²) >= 11 is 0. The van der Waals surface area contributed by atoms with Gasteiger partial charge in [0.05, 0.1) is 0 Å². The molecule has 0 aromatic heterocycles. The summed E-state index contributed by atoms with van der Waals surface area (Å²) < 4.78 is 0. The number of fused-ring (bicyclic) bond motifs is 1. The molecule has 0 bridgehead atoms. The normalized spacial score (nSPS) is 32.0. The lowest BCUT2D eigenvalue weighted by Crippen LogP contribution is -2.56. The zero-order valence-electron chi connectivity index (χ0n) is 96.5. The molecule has 3 nitrogen and oxygen atoms in total. The van der Waals surface area contributed by atoms with Crippen LogP contribution < -0.4 is 0 Å². The molecule has 4 unspecified atom stereocenters. The monoisotopic (exact) mass is 2010 g/mol. The number of ketones is 3. The van der Waals surface area contributed by atoms with Crippen LogP contribution in [-0.2, 0) is 14.4 Å². The lowest BCUT2D eigenvalue weighted by Gasteiger charge is -2.66. The van der Waals surface area contributed by atoms with Crippen LogP contribution in [-0.4, -0.2) is 141 Å². The first-order valence-electron chi connectivity index (χ1n) is 58.2. The molecule has 11 heteroatoms. The Balaban J connectivity index is 0.000000139. The van der Waals surface area contributed by atoms with Crippen molar-refractivity contribution in [1.29, 1.82) is 0 Å². The molecule has 0 N–H and O–H groups in total. The van der Waals surface area contributed by atoms with Crippen molar-refractivity contribution in [3.8, 4) is 0 Å². The summed E-state index contributed by atoms with van der Waals surface area (Å²) in [5.41, 5.74) is 1.45. The number of allylic oxidation sites excluding steroid dienone is 3. The molecule has 8 aliphatic heterocycles. The summed E-state index contributed by atoms with van der Waals surface area (Å²) in [5.74, 6) is 2.81. The van der Waals surface area contributed by atoms with Gasteiger partial charge in [-0.15, -0.1) is 0 Å². The van der Waals surface area contributed by atoms with Crippen molar-refractivity contribution in [3.63, 3.8) is 0 Å². The molecule has 0 aromatic rings. The van der Waals surface area contributed by atoms with Crippen molar-refractivity contribution >= 4 is 80.7 Å². The summed E-state index contributed by atoms with van der Waals surface area (Å²) in [4.78, 5) is 36.5. The first kappa shape index (κ1) is 116. The Morgan fingerprint density at radius 1 is 0.222 bits per heavy atom. The third-order valence-electron chi connectivity index (χ3n) is 39.3. The minimum atomic E-state index is -0.0310. The zero-order chi connectivity index (χ0) is 100. The Kier molecular flexibility index (Phi) is 35.6. The lowest BCUT2D eigenvalue weighted by molar-refractivity contribution is -0.122. The second kappa shape index (κ2) is 41.6. The van der Waals surface area contributed by atoms with Gasteiger partial charge in [0.2, 0.25) is 0 Å². The molecule has 778 valence electrons. The highest BCUT2D eigenvalue weighted by atomic mass is 31.1. The summed E-state index contributed by atoms with van der Waals surface area (Å²) in [5, 5.41) is 13.0. The molecule has 0 radical (unpaired) electrons. The molecule has 11 aliphatic carbocycles. The van der Waals surface area contributed by atoms with E-state index < -0.39 is 0 Å². The molecule has 7 saturated heterocycles. The molecular formula is C124H224O3P8. The van der Waals surface area contributed by atoms with E-state index in [-0.39, 0.29) is 63.4 Å². The molecule has 4 atom stereocenters. The number of carbonyl (C=O) groups excluding carboxylic acids is 3. The summed E-state index contributed by atoms with van der Waals surface area (Å²) in [6.07, 6.45) is 84.9. The highest BCUT2D eigenvalue weighted by Gasteiger charge is 2.70. The summed E-state index contributed by atoms with van der Waals surface area (Å²) in [7, 11) is 0.597. The van der Waals surface area contributed by atoms with Crippen molar-refractivity contribution in [1.82, 2.24) is 0 Å². The van der Waals surface area contributed by atoms with Gasteiger partial charge in [0, 0.05) is 43.7 Å². The highest BCUT2D eigenvalue weighted by Crippen LogP contribution is 2.88. The Bertz CT molecular complexity index is 3790. The quantitative estimate of drug-likeness (QED) is 0.179. The fourth-order valence-corrected chi connectivity index (χ4v) is 87.1. The molecule has 10 spiro atoms. The van der Waals surface area contributed by atoms with Gasteiger partial charge in [-0.1, -0.05) is 458 Å². The first-order chi connectivity index (χ1) is 61.8. The van der Waals surface area contributed by atoms with E-state index in [0.29, 0.717) is 120 Å². The van der Waals surface area contributed by atoms with Gasteiger partial charge in [-0.2, -0.15) is 0 Å². The summed E-state index contributed by atoms with van der Waals surface area (Å²) in [6, 6.07) is 0. The van der Waals surface area contributed by atoms with E-state index in [9.17, 15) is 14.4 Å².